The Bertz CT molecular complexity index is 1580. The van der Waals surface area contributed by atoms with E-state index in [1.807, 2.05) is 48.7 Å². The van der Waals surface area contributed by atoms with Gasteiger partial charge < -0.3 is 25.7 Å². The highest BCUT2D eigenvalue weighted by molar-refractivity contribution is 9.10. The predicted octanol–water partition coefficient (Wildman–Crippen LogP) is 4.42. The van der Waals surface area contributed by atoms with Crippen LogP contribution in [0.3, 0.4) is 0 Å². The molecule has 0 bridgehead atoms. The minimum Gasteiger partial charge on any atom is -0.475 e. The van der Waals surface area contributed by atoms with E-state index in [0.29, 0.717) is 25.3 Å². The van der Waals surface area contributed by atoms with E-state index in [2.05, 4.69) is 47.4 Å². The fourth-order valence-electron chi connectivity index (χ4n) is 5.07. The molecule has 48 heavy (non-hydrogen) atoms. The van der Waals surface area contributed by atoms with E-state index in [4.69, 9.17) is 19.8 Å². The molecule has 0 aliphatic carbocycles. The third-order valence-electron chi connectivity index (χ3n) is 7.54. The third-order valence-corrected chi connectivity index (χ3v) is 8.40. The first-order chi connectivity index (χ1) is 22.5. The quantitative estimate of drug-likeness (QED) is 0.269. The van der Waals surface area contributed by atoms with Crippen LogP contribution in [0.4, 0.5) is 26.3 Å². The standard InChI is InChI=1S/C26H28BrN5O2.2C2HF3O2/c27-23-21-6-2-1-5-20(21)7-8-22(23)24(33)29-12-15-31-13-9-26(10-14-31)25(34)30-18-32(26)17-19-4-3-11-28-16-19;2*3-2(4,5)1(6)7/h1-8,11,16H,9-10,12-15,17-18H2,(H,29,33)(H,30,34);2*(H,6,7). The first-order valence-corrected chi connectivity index (χ1v) is 15.0. The summed E-state index contributed by atoms with van der Waals surface area (Å²) in [5, 5.41) is 22.5. The van der Waals surface area contributed by atoms with Crippen LogP contribution in [-0.2, 0) is 20.9 Å². The SMILES string of the molecule is O=C(NCCN1CCC2(CC1)C(=O)NCN2Cc1cccnc1)c1ccc2ccccc2c1Br.O=C(O)C(F)(F)F.O=C(O)C(F)(F)F. The highest BCUT2D eigenvalue weighted by Gasteiger charge is 2.49. The summed E-state index contributed by atoms with van der Waals surface area (Å²) < 4.78 is 64.3. The van der Waals surface area contributed by atoms with E-state index < -0.39 is 29.8 Å². The number of piperidine rings is 1. The summed E-state index contributed by atoms with van der Waals surface area (Å²) in [6.07, 6.45) is -4.97. The maximum Gasteiger partial charge on any atom is 0.490 e. The Labute approximate surface area is 278 Å². The van der Waals surface area contributed by atoms with Crippen molar-refractivity contribution in [1.82, 2.24) is 25.4 Å². The topological polar surface area (TPSA) is 152 Å². The molecule has 0 saturated carbocycles. The number of aromatic nitrogens is 1. The zero-order valence-electron chi connectivity index (χ0n) is 24.9. The number of hydrogen-bond acceptors (Lipinski definition) is 7. The number of carbonyl (C=O) groups is 4. The molecule has 2 aliphatic heterocycles. The molecule has 18 heteroatoms. The maximum absolute atomic E-state index is 12.8. The zero-order chi connectivity index (χ0) is 35.7. The van der Waals surface area contributed by atoms with Gasteiger partial charge in [-0.25, -0.2) is 9.59 Å². The lowest BCUT2D eigenvalue weighted by Crippen LogP contribution is -2.56. The van der Waals surface area contributed by atoms with Gasteiger partial charge in [0.15, 0.2) is 0 Å². The number of aliphatic carboxylic acids is 2. The van der Waals surface area contributed by atoms with E-state index in [9.17, 15) is 35.9 Å². The molecule has 2 aromatic carbocycles. The second-order valence-corrected chi connectivity index (χ2v) is 11.4. The minimum atomic E-state index is -5.08. The molecule has 3 heterocycles. The van der Waals surface area contributed by atoms with Crippen molar-refractivity contribution in [3.8, 4) is 0 Å². The van der Waals surface area contributed by atoms with Gasteiger partial charge in [0, 0.05) is 49.6 Å². The Hall–Kier alpha value is -4.29. The molecule has 1 aromatic heterocycles. The molecule has 0 radical (unpaired) electrons. The van der Waals surface area contributed by atoms with Gasteiger partial charge in [0.2, 0.25) is 5.91 Å². The van der Waals surface area contributed by atoms with Crippen molar-refractivity contribution in [2.45, 2.75) is 37.3 Å². The fourth-order valence-corrected chi connectivity index (χ4v) is 5.74. The van der Waals surface area contributed by atoms with Crippen LogP contribution < -0.4 is 10.6 Å². The van der Waals surface area contributed by atoms with E-state index in [0.717, 1.165) is 53.3 Å². The number of hydrogen-bond donors (Lipinski definition) is 4. The average Bonchev–Trinajstić information content (AvgIpc) is 3.32. The molecule has 2 aliphatic rings. The number of fused-ring (bicyclic) bond motifs is 1. The lowest BCUT2D eigenvalue weighted by atomic mass is 9.86. The maximum atomic E-state index is 12.8. The summed E-state index contributed by atoms with van der Waals surface area (Å²) in [5.74, 6) is -5.46. The molecule has 2 amide bonds. The molecular formula is C30H30BrF6N5O6. The van der Waals surface area contributed by atoms with Crippen LogP contribution in [0.5, 0.6) is 0 Å². The number of benzene rings is 2. The number of nitrogens with one attached hydrogen (secondary N) is 2. The fraction of sp³-hybridized carbons (Fsp3) is 0.367. The highest BCUT2D eigenvalue weighted by atomic mass is 79.9. The summed E-state index contributed by atoms with van der Waals surface area (Å²) in [7, 11) is 0. The number of carboxylic acids is 2. The first kappa shape index (κ1) is 38.2. The van der Waals surface area contributed by atoms with Crippen LogP contribution in [0.15, 0.2) is 65.4 Å². The van der Waals surface area contributed by atoms with Crippen LogP contribution in [0.2, 0.25) is 0 Å². The highest BCUT2D eigenvalue weighted by Crippen LogP contribution is 2.33. The number of alkyl halides is 6. The second kappa shape index (κ2) is 16.2. The van der Waals surface area contributed by atoms with Crippen LogP contribution >= 0.6 is 15.9 Å². The van der Waals surface area contributed by atoms with Crippen molar-refractivity contribution in [3.63, 3.8) is 0 Å². The Morgan fingerprint density at radius 1 is 0.938 bits per heavy atom. The molecule has 2 saturated heterocycles. The van der Waals surface area contributed by atoms with Crippen LogP contribution in [-0.4, -0.2) is 99.5 Å². The van der Waals surface area contributed by atoms with Crippen molar-refractivity contribution in [1.29, 1.82) is 0 Å². The number of amides is 2. The molecule has 3 aromatic rings. The smallest absolute Gasteiger partial charge is 0.475 e. The average molecular weight is 750 g/mol. The monoisotopic (exact) mass is 749 g/mol. The molecule has 0 atom stereocenters. The second-order valence-electron chi connectivity index (χ2n) is 10.6. The normalized spacial score (nSPS) is 16.3. The van der Waals surface area contributed by atoms with E-state index in [1.165, 1.54) is 0 Å². The number of likely N-dealkylation sites (tertiary alicyclic amines) is 1. The van der Waals surface area contributed by atoms with Gasteiger partial charge in [0.05, 0.1) is 12.2 Å². The van der Waals surface area contributed by atoms with Crippen molar-refractivity contribution in [3.05, 3.63) is 76.5 Å². The number of nitrogens with zero attached hydrogens (tertiary/aromatic N) is 3. The van der Waals surface area contributed by atoms with Gasteiger partial charge in [-0.15, -0.1) is 0 Å². The van der Waals surface area contributed by atoms with Gasteiger partial charge in [-0.2, -0.15) is 26.3 Å². The van der Waals surface area contributed by atoms with Crippen molar-refractivity contribution in [2.75, 3.05) is 32.8 Å². The lowest BCUT2D eigenvalue weighted by Gasteiger charge is -2.42. The molecule has 11 nitrogen and oxygen atoms in total. The summed E-state index contributed by atoms with van der Waals surface area (Å²) >= 11 is 3.60. The number of pyridine rings is 1. The van der Waals surface area contributed by atoms with Crippen molar-refractivity contribution < 1.29 is 55.7 Å². The first-order valence-electron chi connectivity index (χ1n) is 14.2. The number of rotatable bonds is 6. The molecule has 260 valence electrons. The van der Waals surface area contributed by atoms with Gasteiger partial charge in [0.1, 0.15) is 5.54 Å². The predicted molar refractivity (Wildman–Crippen MR) is 163 cm³/mol. The molecule has 5 rings (SSSR count). The minimum absolute atomic E-state index is 0.0797. The van der Waals surface area contributed by atoms with E-state index >= 15 is 0 Å². The number of carboxylic acid groups (broad SMARTS) is 2. The molecule has 2 fully saturated rings. The van der Waals surface area contributed by atoms with E-state index in [-0.39, 0.29) is 11.8 Å². The van der Waals surface area contributed by atoms with Gasteiger partial charge in [-0.3, -0.25) is 19.5 Å². The van der Waals surface area contributed by atoms with Gasteiger partial charge in [-0.1, -0.05) is 36.4 Å². The van der Waals surface area contributed by atoms with Crippen LogP contribution in [0.1, 0.15) is 28.8 Å². The Balaban J connectivity index is 0.000000376. The molecule has 1 spiro atoms. The van der Waals surface area contributed by atoms with Crippen LogP contribution in [0.25, 0.3) is 10.8 Å². The Kier molecular flexibility index (Phi) is 12.9. The van der Waals surface area contributed by atoms with Crippen molar-refractivity contribution in [2.24, 2.45) is 0 Å². The van der Waals surface area contributed by atoms with Crippen molar-refractivity contribution >= 4 is 50.5 Å². The lowest BCUT2D eigenvalue weighted by molar-refractivity contribution is -0.193. The Morgan fingerprint density at radius 3 is 2.10 bits per heavy atom. The zero-order valence-corrected chi connectivity index (χ0v) is 26.5. The van der Waals surface area contributed by atoms with Gasteiger partial charge in [0.25, 0.3) is 5.91 Å². The molecule has 0 unspecified atom stereocenters. The van der Waals surface area contributed by atoms with Gasteiger partial charge in [-0.05, 0) is 57.2 Å². The summed E-state index contributed by atoms with van der Waals surface area (Å²) in [6.45, 7) is 4.26. The third kappa shape index (κ3) is 10.1. The number of carbonyl (C=O) groups excluding carboxylic acids is 2. The summed E-state index contributed by atoms with van der Waals surface area (Å²) in [6, 6.07) is 15.8. The molecular weight excluding hydrogens is 720 g/mol. The number of halogens is 7. The summed E-state index contributed by atoms with van der Waals surface area (Å²) in [4.78, 5) is 52.2. The Morgan fingerprint density at radius 2 is 1.54 bits per heavy atom. The van der Waals surface area contributed by atoms with E-state index in [1.54, 1.807) is 6.20 Å². The van der Waals surface area contributed by atoms with Gasteiger partial charge >= 0.3 is 24.3 Å². The van der Waals surface area contributed by atoms with Crippen LogP contribution in [0, 0.1) is 0 Å². The molecule has 4 N–H and O–H groups in total. The summed E-state index contributed by atoms with van der Waals surface area (Å²) in [5.41, 5.74) is 1.30. The largest absolute Gasteiger partial charge is 0.490 e.